The van der Waals surface area contributed by atoms with E-state index in [4.69, 9.17) is 4.98 Å². The van der Waals surface area contributed by atoms with Crippen molar-refractivity contribution in [2.45, 2.75) is 40.3 Å². The molecular weight excluding hydrogens is 378 g/mol. The number of aryl methyl sites for hydroxylation is 2. The maximum absolute atomic E-state index is 13.1. The van der Waals surface area contributed by atoms with Gasteiger partial charge in [-0.15, -0.1) is 0 Å². The molecule has 2 aromatic heterocycles. The van der Waals surface area contributed by atoms with Crippen LogP contribution in [-0.2, 0) is 27.2 Å². The van der Waals surface area contributed by atoms with Crippen LogP contribution in [0.5, 0.6) is 0 Å². The van der Waals surface area contributed by atoms with Crippen LogP contribution in [-0.4, -0.2) is 36.7 Å². The maximum atomic E-state index is 13.1. The third kappa shape index (κ3) is 3.62. The molecule has 1 aliphatic heterocycles. The second-order valence-corrected chi connectivity index (χ2v) is 9.06. The van der Waals surface area contributed by atoms with Crippen molar-refractivity contribution < 1.29 is 0 Å². The zero-order valence-electron chi connectivity index (χ0n) is 18.6. The van der Waals surface area contributed by atoms with Crippen LogP contribution in [0.1, 0.15) is 37.2 Å². The molecule has 7 heteroatoms. The standard InChI is InChI=1S/C23H31N5O2/c1-15-10-16(2)12-27(11-15)14-19-24-21-20(22(29)26(5)23(30)25(21)4)28(19)13-18-9-7-6-8-17(18)3/h6-9,15-16H,10-14H2,1-5H3/t15-,16-/m0/s1. The summed E-state index contributed by atoms with van der Waals surface area (Å²) in [6.45, 7) is 9.94. The van der Waals surface area contributed by atoms with Gasteiger partial charge in [-0.25, -0.2) is 9.78 Å². The fourth-order valence-electron chi connectivity index (χ4n) is 4.86. The smallest absolute Gasteiger partial charge is 0.317 e. The Morgan fingerprint density at radius 3 is 2.33 bits per heavy atom. The number of likely N-dealkylation sites (tertiary alicyclic amines) is 1. The molecule has 4 rings (SSSR count). The number of aromatic nitrogens is 4. The normalized spacial score (nSPS) is 20.2. The average molecular weight is 410 g/mol. The second-order valence-electron chi connectivity index (χ2n) is 9.06. The van der Waals surface area contributed by atoms with Crippen molar-refractivity contribution >= 4 is 11.2 Å². The van der Waals surface area contributed by atoms with Gasteiger partial charge in [-0.05, 0) is 36.3 Å². The first-order valence-electron chi connectivity index (χ1n) is 10.7. The van der Waals surface area contributed by atoms with Gasteiger partial charge in [0.2, 0.25) is 0 Å². The Labute approximate surface area is 176 Å². The number of benzene rings is 1. The van der Waals surface area contributed by atoms with Gasteiger partial charge < -0.3 is 4.57 Å². The summed E-state index contributed by atoms with van der Waals surface area (Å²) >= 11 is 0. The van der Waals surface area contributed by atoms with Gasteiger partial charge in [0.15, 0.2) is 11.2 Å². The van der Waals surface area contributed by atoms with Crippen LogP contribution >= 0.6 is 0 Å². The van der Waals surface area contributed by atoms with Crippen molar-refractivity contribution in [2.24, 2.45) is 25.9 Å². The van der Waals surface area contributed by atoms with Gasteiger partial charge >= 0.3 is 5.69 Å². The van der Waals surface area contributed by atoms with Gasteiger partial charge in [0, 0.05) is 33.7 Å². The molecule has 30 heavy (non-hydrogen) atoms. The molecule has 0 spiro atoms. The van der Waals surface area contributed by atoms with Gasteiger partial charge in [-0.1, -0.05) is 38.1 Å². The van der Waals surface area contributed by atoms with Crippen molar-refractivity contribution in [3.8, 4) is 0 Å². The van der Waals surface area contributed by atoms with Gasteiger partial charge in [0.05, 0.1) is 6.54 Å². The zero-order valence-corrected chi connectivity index (χ0v) is 18.6. The van der Waals surface area contributed by atoms with Crippen LogP contribution in [0.3, 0.4) is 0 Å². The monoisotopic (exact) mass is 409 g/mol. The molecule has 2 atom stereocenters. The van der Waals surface area contributed by atoms with Crippen molar-refractivity contribution in [2.75, 3.05) is 13.1 Å². The van der Waals surface area contributed by atoms with E-state index in [1.807, 2.05) is 16.7 Å². The van der Waals surface area contributed by atoms with E-state index in [-0.39, 0.29) is 11.2 Å². The summed E-state index contributed by atoms with van der Waals surface area (Å²) in [7, 11) is 3.22. The van der Waals surface area contributed by atoms with E-state index in [2.05, 4.69) is 37.8 Å². The molecule has 0 radical (unpaired) electrons. The molecule has 0 amide bonds. The molecule has 1 fully saturated rings. The van der Waals surface area contributed by atoms with Gasteiger partial charge in [0.1, 0.15) is 5.82 Å². The maximum Gasteiger partial charge on any atom is 0.332 e. The second kappa shape index (κ2) is 7.87. The third-order valence-corrected chi connectivity index (χ3v) is 6.33. The predicted octanol–water partition coefficient (Wildman–Crippen LogP) is 2.27. The lowest BCUT2D eigenvalue weighted by Crippen LogP contribution is -2.39. The highest BCUT2D eigenvalue weighted by atomic mass is 16.2. The van der Waals surface area contributed by atoms with Crippen LogP contribution < -0.4 is 11.2 Å². The molecule has 160 valence electrons. The first kappa shape index (κ1) is 20.6. The van der Waals surface area contributed by atoms with Gasteiger partial charge in [-0.3, -0.25) is 18.8 Å². The minimum absolute atomic E-state index is 0.291. The molecular formula is C23H31N5O2. The zero-order chi connectivity index (χ0) is 21.6. The van der Waals surface area contributed by atoms with E-state index in [0.29, 0.717) is 36.1 Å². The van der Waals surface area contributed by atoms with E-state index in [1.54, 1.807) is 7.05 Å². The predicted molar refractivity (Wildman–Crippen MR) is 119 cm³/mol. The Morgan fingerprint density at radius 1 is 1.00 bits per heavy atom. The van der Waals surface area contributed by atoms with Crippen LogP contribution in [0, 0.1) is 18.8 Å². The molecule has 0 saturated carbocycles. The average Bonchev–Trinajstić information content (AvgIpc) is 3.04. The third-order valence-electron chi connectivity index (χ3n) is 6.33. The molecule has 1 saturated heterocycles. The number of fused-ring (bicyclic) bond motifs is 1. The topological polar surface area (TPSA) is 65.1 Å². The molecule has 7 nitrogen and oxygen atoms in total. The SMILES string of the molecule is Cc1ccccc1Cn1c(CN2C[C@@H](C)C[C@H](C)C2)nc2c1c(=O)n(C)c(=O)n2C. The molecule has 0 bridgehead atoms. The molecule has 0 aliphatic carbocycles. The lowest BCUT2D eigenvalue weighted by molar-refractivity contribution is 0.130. The number of nitrogens with zero attached hydrogens (tertiary/aromatic N) is 5. The van der Waals surface area contributed by atoms with Crippen LogP contribution in [0.2, 0.25) is 0 Å². The molecule has 1 aliphatic rings. The summed E-state index contributed by atoms with van der Waals surface area (Å²) in [6.07, 6.45) is 1.24. The van der Waals surface area contributed by atoms with Crippen LogP contribution in [0.25, 0.3) is 11.2 Å². The largest absolute Gasteiger partial charge is 0.332 e. The van der Waals surface area contributed by atoms with Gasteiger partial charge in [-0.2, -0.15) is 0 Å². The summed E-state index contributed by atoms with van der Waals surface area (Å²) < 4.78 is 4.67. The number of hydrogen-bond donors (Lipinski definition) is 0. The van der Waals surface area contributed by atoms with Crippen molar-refractivity contribution in [3.05, 3.63) is 62.1 Å². The van der Waals surface area contributed by atoms with E-state index in [0.717, 1.165) is 24.5 Å². The Hall–Kier alpha value is -2.67. The first-order chi connectivity index (χ1) is 14.3. The fraction of sp³-hybridized carbons (Fsp3) is 0.522. The lowest BCUT2D eigenvalue weighted by atomic mass is 9.92. The lowest BCUT2D eigenvalue weighted by Gasteiger charge is -2.34. The van der Waals surface area contributed by atoms with E-state index < -0.39 is 0 Å². The highest BCUT2D eigenvalue weighted by Gasteiger charge is 2.25. The van der Waals surface area contributed by atoms with E-state index in [9.17, 15) is 9.59 Å². The van der Waals surface area contributed by atoms with Crippen LogP contribution in [0.15, 0.2) is 33.9 Å². The summed E-state index contributed by atoms with van der Waals surface area (Å²) in [5.41, 5.74) is 2.64. The summed E-state index contributed by atoms with van der Waals surface area (Å²) in [5, 5.41) is 0. The highest BCUT2D eigenvalue weighted by molar-refractivity contribution is 5.71. The number of hydrogen-bond acceptors (Lipinski definition) is 4. The molecule has 1 aromatic carbocycles. The van der Waals surface area contributed by atoms with Crippen LogP contribution in [0.4, 0.5) is 0 Å². The van der Waals surface area contributed by atoms with Crippen molar-refractivity contribution in [1.29, 1.82) is 0 Å². The van der Waals surface area contributed by atoms with E-state index >= 15 is 0 Å². The fourth-order valence-corrected chi connectivity index (χ4v) is 4.86. The summed E-state index contributed by atoms with van der Waals surface area (Å²) in [6, 6.07) is 8.20. The molecule has 0 N–H and O–H groups in total. The quantitative estimate of drug-likeness (QED) is 0.663. The Kier molecular flexibility index (Phi) is 5.40. The number of imidazole rings is 1. The molecule has 0 unspecified atom stereocenters. The molecule has 3 aromatic rings. The highest BCUT2D eigenvalue weighted by Crippen LogP contribution is 2.24. The molecule has 3 heterocycles. The van der Waals surface area contributed by atoms with Crippen molar-refractivity contribution in [3.63, 3.8) is 0 Å². The van der Waals surface area contributed by atoms with Gasteiger partial charge in [0.25, 0.3) is 5.56 Å². The van der Waals surface area contributed by atoms with Crippen molar-refractivity contribution in [1.82, 2.24) is 23.6 Å². The minimum Gasteiger partial charge on any atom is -0.317 e. The Balaban J connectivity index is 1.87. The first-order valence-corrected chi connectivity index (χ1v) is 10.7. The number of piperidine rings is 1. The minimum atomic E-state index is -0.347. The Bertz CT molecular complexity index is 1190. The summed E-state index contributed by atoms with van der Waals surface area (Å²) in [5.74, 6) is 2.12. The number of rotatable bonds is 4. The van der Waals surface area contributed by atoms with E-state index in [1.165, 1.54) is 28.2 Å². The summed E-state index contributed by atoms with van der Waals surface area (Å²) in [4.78, 5) is 32.8. The Morgan fingerprint density at radius 2 is 1.67 bits per heavy atom.